The molecule has 57 heavy (non-hydrogen) atoms. The van der Waals surface area contributed by atoms with Gasteiger partial charge in [0, 0.05) is 15.5 Å². The van der Waals surface area contributed by atoms with E-state index >= 15 is 0 Å². The molecule has 0 bridgehead atoms. The van der Waals surface area contributed by atoms with Crippen LogP contribution in [0.25, 0.3) is 76.8 Å². The maximum atomic E-state index is 6.67. The Morgan fingerprint density at radius 1 is 0.333 bits per heavy atom. The van der Waals surface area contributed by atoms with Crippen LogP contribution in [0, 0.1) is 0 Å². The van der Waals surface area contributed by atoms with Gasteiger partial charge in [0.15, 0.2) is 0 Å². The van der Waals surface area contributed by atoms with Crippen molar-refractivity contribution in [2.45, 2.75) is 15.2 Å². The molecule has 0 saturated heterocycles. The van der Waals surface area contributed by atoms with Crippen molar-refractivity contribution in [3.63, 3.8) is 0 Å². The molecule has 1 aliphatic carbocycles. The minimum atomic E-state index is -0.517. The van der Waals surface area contributed by atoms with Crippen LogP contribution in [0.1, 0.15) is 22.3 Å². The summed E-state index contributed by atoms with van der Waals surface area (Å²) in [6.07, 6.45) is 0. The summed E-state index contributed by atoms with van der Waals surface area (Å²) in [5, 5.41) is 7.48. The van der Waals surface area contributed by atoms with Crippen LogP contribution in [0.5, 0.6) is 0 Å². The van der Waals surface area contributed by atoms with E-state index in [4.69, 9.17) is 5.73 Å². The van der Waals surface area contributed by atoms with E-state index in [0.717, 1.165) is 5.69 Å². The quantitative estimate of drug-likeness (QED) is 0.144. The van der Waals surface area contributed by atoms with Gasteiger partial charge in [-0.2, -0.15) is 0 Å². The minimum Gasteiger partial charge on any atom is -0.399 e. The van der Waals surface area contributed by atoms with Gasteiger partial charge in [0.25, 0.3) is 0 Å². The van der Waals surface area contributed by atoms with Crippen LogP contribution in [-0.4, -0.2) is 0 Å². The highest BCUT2D eigenvalue weighted by Crippen LogP contribution is 2.63. The molecule has 1 aliphatic heterocycles. The fourth-order valence-electron chi connectivity index (χ4n) is 10.1. The van der Waals surface area contributed by atoms with Crippen LogP contribution in [0.2, 0.25) is 0 Å². The smallest absolute Gasteiger partial charge is 0.0736 e. The number of fused-ring (bicyclic) bond motifs is 12. The molecule has 1 spiro atoms. The Hall–Kier alpha value is -6.87. The Morgan fingerprint density at radius 3 is 1.70 bits per heavy atom. The molecule has 10 aromatic carbocycles. The van der Waals surface area contributed by atoms with Crippen molar-refractivity contribution < 1.29 is 0 Å². The molecule has 0 fully saturated rings. The standard InChI is InChI=1S/C55H35NS/c56-38-27-28-41-40-18-10-11-23-47(40)55(49(41)33-38)48-24-12-13-25-51(48)57-52-29-26-36(32-50(52)55)53-42-19-6-8-21-44(42)54(45-22-9-7-20-43(45)53)46-31-37(34-14-2-1-3-15-34)30-35-16-4-5-17-39(35)46/h1-33H,56H2. The van der Waals surface area contributed by atoms with E-state index in [9.17, 15) is 0 Å². The fraction of sp³-hybridized carbons (Fsp3) is 0.0182. The Bertz CT molecular complexity index is 3230. The molecule has 1 heterocycles. The number of nitrogens with two attached hydrogens (primary N) is 1. The molecule has 1 nitrogen and oxygen atoms in total. The van der Waals surface area contributed by atoms with E-state index in [-0.39, 0.29) is 0 Å². The molecular weight excluding hydrogens is 707 g/mol. The first kappa shape index (κ1) is 32.4. The highest BCUT2D eigenvalue weighted by atomic mass is 32.2. The predicted octanol–water partition coefficient (Wildman–Crippen LogP) is 14.6. The van der Waals surface area contributed by atoms with Crippen LogP contribution in [0.15, 0.2) is 210 Å². The maximum absolute atomic E-state index is 6.67. The number of hydrogen-bond acceptors (Lipinski definition) is 2. The van der Waals surface area contributed by atoms with Crippen molar-refractivity contribution >= 4 is 49.8 Å². The second-order valence-electron chi connectivity index (χ2n) is 15.4. The van der Waals surface area contributed by atoms with Gasteiger partial charge in [0.05, 0.1) is 5.41 Å². The summed E-state index contributed by atoms with van der Waals surface area (Å²) in [4.78, 5) is 2.56. The monoisotopic (exact) mass is 741 g/mol. The molecule has 266 valence electrons. The number of nitrogen functional groups attached to an aromatic ring is 1. The summed E-state index contributed by atoms with van der Waals surface area (Å²) in [6.45, 7) is 0. The van der Waals surface area contributed by atoms with Crippen molar-refractivity contribution in [3.8, 4) is 44.5 Å². The highest BCUT2D eigenvalue weighted by molar-refractivity contribution is 7.99. The van der Waals surface area contributed by atoms with Gasteiger partial charge < -0.3 is 5.73 Å². The van der Waals surface area contributed by atoms with Gasteiger partial charge in [-0.3, -0.25) is 0 Å². The zero-order chi connectivity index (χ0) is 37.7. The summed E-state index contributed by atoms with van der Waals surface area (Å²) in [6, 6.07) is 74.1. The Balaban J connectivity index is 1.17. The topological polar surface area (TPSA) is 26.0 Å². The van der Waals surface area contributed by atoms with Gasteiger partial charge in [-0.25, -0.2) is 0 Å². The third-order valence-electron chi connectivity index (χ3n) is 12.4. The van der Waals surface area contributed by atoms with Gasteiger partial charge in [-0.05, 0) is 142 Å². The lowest BCUT2D eigenvalue weighted by atomic mass is 9.67. The van der Waals surface area contributed by atoms with E-state index in [0.29, 0.717) is 0 Å². The van der Waals surface area contributed by atoms with Crippen LogP contribution in [-0.2, 0) is 5.41 Å². The van der Waals surface area contributed by atoms with E-state index < -0.39 is 5.41 Å². The van der Waals surface area contributed by atoms with Gasteiger partial charge >= 0.3 is 0 Å². The summed E-state index contributed by atoms with van der Waals surface area (Å²) >= 11 is 1.88. The van der Waals surface area contributed by atoms with Gasteiger partial charge in [-0.1, -0.05) is 169 Å². The van der Waals surface area contributed by atoms with E-state index in [2.05, 4.69) is 194 Å². The molecule has 2 aliphatic rings. The van der Waals surface area contributed by atoms with Crippen molar-refractivity contribution in [1.82, 2.24) is 0 Å². The average Bonchev–Trinajstić information content (AvgIpc) is 3.55. The van der Waals surface area contributed by atoms with Gasteiger partial charge in [-0.15, -0.1) is 0 Å². The molecule has 2 N–H and O–H groups in total. The predicted molar refractivity (Wildman–Crippen MR) is 241 cm³/mol. The SMILES string of the molecule is Nc1ccc2c(c1)C1(c3ccccc3Sc3ccc(-c4c5ccccc5c(-c5cc(-c6ccccc6)cc6ccccc56)c5ccccc45)cc31)c1ccccc1-2. The molecule has 10 aromatic rings. The molecular formula is C55H35NS. The first-order valence-corrected chi connectivity index (χ1v) is 20.4. The average molecular weight is 742 g/mol. The number of anilines is 1. The summed E-state index contributed by atoms with van der Waals surface area (Å²) in [5.41, 5.74) is 22.1. The normalized spacial score (nSPS) is 15.1. The third-order valence-corrected chi connectivity index (χ3v) is 13.6. The number of rotatable bonds is 3. The fourth-order valence-corrected chi connectivity index (χ4v) is 11.3. The maximum Gasteiger partial charge on any atom is 0.0736 e. The van der Waals surface area contributed by atoms with Crippen LogP contribution in [0.4, 0.5) is 5.69 Å². The zero-order valence-electron chi connectivity index (χ0n) is 31.0. The van der Waals surface area contributed by atoms with Crippen molar-refractivity contribution in [1.29, 1.82) is 0 Å². The second-order valence-corrected chi connectivity index (χ2v) is 16.4. The first-order chi connectivity index (χ1) is 28.2. The van der Waals surface area contributed by atoms with Crippen molar-refractivity contribution in [3.05, 3.63) is 222 Å². The van der Waals surface area contributed by atoms with E-state index in [1.54, 1.807) is 0 Å². The lowest BCUT2D eigenvalue weighted by Gasteiger charge is -2.40. The van der Waals surface area contributed by atoms with Gasteiger partial charge in [0.1, 0.15) is 0 Å². The molecule has 0 radical (unpaired) electrons. The summed E-state index contributed by atoms with van der Waals surface area (Å²) in [5.74, 6) is 0. The van der Waals surface area contributed by atoms with Crippen LogP contribution < -0.4 is 5.73 Å². The lowest BCUT2D eigenvalue weighted by molar-refractivity contribution is 0.723. The second kappa shape index (κ2) is 12.3. The largest absolute Gasteiger partial charge is 0.399 e. The van der Waals surface area contributed by atoms with Crippen molar-refractivity contribution in [2.75, 3.05) is 5.73 Å². The minimum absolute atomic E-state index is 0.517. The highest BCUT2D eigenvalue weighted by Gasteiger charge is 2.50. The van der Waals surface area contributed by atoms with Crippen molar-refractivity contribution in [2.24, 2.45) is 0 Å². The molecule has 12 rings (SSSR count). The zero-order valence-corrected chi connectivity index (χ0v) is 31.9. The molecule has 1 atom stereocenters. The van der Waals surface area contributed by atoms with Crippen LogP contribution >= 0.6 is 11.8 Å². The Labute approximate surface area is 336 Å². The van der Waals surface area contributed by atoms with Crippen LogP contribution in [0.3, 0.4) is 0 Å². The number of benzene rings is 10. The molecule has 1 unspecified atom stereocenters. The molecule has 2 heteroatoms. The molecule has 0 saturated carbocycles. The first-order valence-electron chi connectivity index (χ1n) is 19.6. The van der Waals surface area contributed by atoms with E-state index in [1.807, 2.05) is 17.8 Å². The molecule has 0 aromatic heterocycles. The Morgan fingerprint density at radius 2 is 0.930 bits per heavy atom. The summed E-state index contributed by atoms with van der Waals surface area (Å²) < 4.78 is 0. The van der Waals surface area contributed by atoms with Gasteiger partial charge in [0.2, 0.25) is 0 Å². The van der Waals surface area contributed by atoms with E-state index in [1.165, 1.54) is 109 Å². The summed E-state index contributed by atoms with van der Waals surface area (Å²) in [7, 11) is 0. The Kier molecular flexibility index (Phi) is 7.00. The molecule has 0 amide bonds. The lowest BCUT2D eigenvalue weighted by Crippen LogP contribution is -2.32. The number of hydrogen-bond donors (Lipinski definition) is 1. The third kappa shape index (κ3) is 4.59.